The monoisotopic (exact) mass is 285 g/mol. The minimum absolute atomic E-state index is 0.102. The second-order valence-electron chi connectivity index (χ2n) is 5.44. The first kappa shape index (κ1) is 14.8. The molecule has 1 fully saturated rings. The molecule has 0 radical (unpaired) electrons. The first-order valence-corrected chi connectivity index (χ1v) is 7.71. The van der Waals surface area contributed by atoms with Crippen LogP contribution in [-0.2, 0) is 13.0 Å². The number of aryl methyl sites for hydroxylation is 1. The minimum atomic E-state index is -0.102. The lowest BCUT2D eigenvalue weighted by Crippen LogP contribution is -2.34. The molecule has 2 rings (SSSR count). The van der Waals surface area contributed by atoms with E-state index < -0.39 is 0 Å². The van der Waals surface area contributed by atoms with Crippen molar-refractivity contribution < 1.29 is 5.11 Å². The Kier molecular flexibility index (Phi) is 5.67. The Morgan fingerprint density at radius 1 is 1.37 bits per heavy atom. The molecule has 0 aliphatic heterocycles. The fourth-order valence-electron chi connectivity index (χ4n) is 2.55. The maximum atomic E-state index is 9.48. The maximum absolute atomic E-state index is 9.48. The van der Waals surface area contributed by atoms with Crippen LogP contribution in [0.5, 0.6) is 0 Å². The summed E-state index contributed by atoms with van der Waals surface area (Å²) in [5.74, 6) is 0.989. The first-order chi connectivity index (χ1) is 9.19. The first-order valence-electron chi connectivity index (χ1n) is 7.33. The number of nitrogens with zero attached hydrogens (tertiary/aromatic N) is 1. The largest absolute Gasteiger partial charge is 0.393 e. The van der Waals surface area contributed by atoms with Crippen molar-refractivity contribution in [1.82, 2.24) is 15.3 Å². The van der Waals surface area contributed by atoms with Gasteiger partial charge in [0.05, 0.1) is 11.8 Å². The molecule has 1 aliphatic rings. The molecular formula is C14H24ClN3O. The Labute approximate surface area is 120 Å². The van der Waals surface area contributed by atoms with Gasteiger partial charge in [0.1, 0.15) is 5.82 Å². The lowest BCUT2D eigenvalue weighted by atomic mass is 9.93. The van der Waals surface area contributed by atoms with E-state index >= 15 is 0 Å². The fraction of sp³-hybridized carbons (Fsp3) is 0.786. The summed E-state index contributed by atoms with van der Waals surface area (Å²) in [6, 6.07) is 0.488. The average molecular weight is 286 g/mol. The number of halogens is 1. The van der Waals surface area contributed by atoms with Gasteiger partial charge in [-0.05, 0) is 32.1 Å². The molecule has 0 aromatic carbocycles. The molecule has 1 aromatic rings. The van der Waals surface area contributed by atoms with E-state index in [-0.39, 0.29) is 6.10 Å². The van der Waals surface area contributed by atoms with E-state index in [0.29, 0.717) is 11.2 Å². The van der Waals surface area contributed by atoms with Crippen LogP contribution < -0.4 is 5.32 Å². The SMILES string of the molecule is CCCCc1nc(Cl)c(CNC2CCC(O)CC2)[nH]1. The second-order valence-corrected chi connectivity index (χ2v) is 5.80. The fourth-order valence-corrected chi connectivity index (χ4v) is 2.76. The van der Waals surface area contributed by atoms with Crippen molar-refractivity contribution in [3.8, 4) is 0 Å². The van der Waals surface area contributed by atoms with Gasteiger partial charge >= 0.3 is 0 Å². The van der Waals surface area contributed by atoms with Crippen LogP contribution in [0.3, 0.4) is 0 Å². The number of aliphatic hydroxyl groups is 1. The Balaban J connectivity index is 1.80. The molecule has 108 valence electrons. The molecule has 0 unspecified atom stereocenters. The third-order valence-electron chi connectivity index (χ3n) is 3.81. The number of aromatic nitrogens is 2. The molecule has 4 nitrogen and oxygen atoms in total. The Morgan fingerprint density at radius 3 is 2.79 bits per heavy atom. The van der Waals surface area contributed by atoms with Gasteiger partial charge < -0.3 is 15.4 Å². The highest BCUT2D eigenvalue weighted by Gasteiger charge is 2.19. The number of rotatable bonds is 6. The number of hydrogen-bond donors (Lipinski definition) is 3. The molecule has 0 saturated heterocycles. The van der Waals surface area contributed by atoms with Gasteiger partial charge in [0.2, 0.25) is 0 Å². The molecule has 1 aliphatic carbocycles. The third-order valence-corrected chi connectivity index (χ3v) is 4.12. The number of imidazole rings is 1. The third kappa shape index (κ3) is 4.48. The normalized spacial score (nSPS) is 23.7. The summed E-state index contributed by atoms with van der Waals surface area (Å²) in [7, 11) is 0. The Bertz CT molecular complexity index is 386. The molecule has 0 amide bonds. The number of hydrogen-bond acceptors (Lipinski definition) is 3. The number of unbranched alkanes of at least 4 members (excludes halogenated alkanes) is 1. The predicted molar refractivity (Wildman–Crippen MR) is 77.3 cm³/mol. The topological polar surface area (TPSA) is 60.9 Å². The maximum Gasteiger partial charge on any atom is 0.151 e. The van der Waals surface area contributed by atoms with E-state index in [9.17, 15) is 5.11 Å². The van der Waals surface area contributed by atoms with Crippen LogP contribution in [0.25, 0.3) is 0 Å². The zero-order chi connectivity index (χ0) is 13.7. The molecule has 19 heavy (non-hydrogen) atoms. The number of nitrogens with one attached hydrogen (secondary N) is 2. The van der Waals surface area contributed by atoms with E-state index in [0.717, 1.165) is 63.0 Å². The molecule has 1 aromatic heterocycles. The van der Waals surface area contributed by atoms with Crippen molar-refractivity contribution in [2.24, 2.45) is 0 Å². The summed E-state index contributed by atoms with van der Waals surface area (Å²) < 4.78 is 0. The average Bonchev–Trinajstić information content (AvgIpc) is 2.76. The summed E-state index contributed by atoms with van der Waals surface area (Å²) in [5.41, 5.74) is 0.985. The lowest BCUT2D eigenvalue weighted by Gasteiger charge is -2.26. The quantitative estimate of drug-likeness (QED) is 0.753. The summed E-state index contributed by atoms with van der Waals surface area (Å²) in [6.45, 7) is 2.91. The Hall–Kier alpha value is -0.580. The van der Waals surface area contributed by atoms with Gasteiger partial charge in [-0.1, -0.05) is 24.9 Å². The van der Waals surface area contributed by atoms with Gasteiger partial charge in [-0.2, -0.15) is 0 Å². The number of H-pyrrole nitrogens is 1. The summed E-state index contributed by atoms with van der Waals surface area (Å²) in [5, 5.41) is 13.6. The van der Waals surface area contributed by atoms with Crippen molar-refractivity contribution in [3.05, 3.63) is 16.7 Å². The standard InChI is InChI=1S/C14H24ClN3O/c1-2-3-4-13-17-12(14(15)18-13)9-16-10-5-7-11(19)8-6-10/h10-11,16,19H,2-9H2,1H3,(H,17,18). The highest BCUT2D eigenvalue weighted by atomic mass is 35.5. The van der Waals surface area contributed by atoms with E-state index in [4.69, 9.17) is 11.6 Å². The van der Waals surface area contributed by atoms with Crippen LogP contribution >= 0.6 is 11.6 Å². The zero-order valence-electron chi connectivity index (χ0n) is 11.6. The molecule has 3 N–H and O–H groups in total. The minimum Gasteiger partial charge on any atom is -0.393 e. The van der Waals surface area contributed by atoms with Crippen molar-refractivity contribution in [1.29, 1.82) is 0 Å². The zero-order valence-corrected chi connectivity index (χ0v) is 12.3. The summed E-state index contributed by atoms with van der Waals surface area (Å²) in [6.07, 6.45) is 7.03. The Morgan fingerprint density at radius 2 is 2.11 bits per heavy atom. The highest BCUT2D eigenvalue weighted by molar-refractivity contribution is 6.30. The van der Waals surface area contributed by atoms with E-state index in [1.807, 2.05) is 0 Å². The van der Waals surface area contributed by atoms with Crippen LogP contribution in [0.2, 0.25) is 5.15 Å². The molecule has 0 bridgehead atoms. The van der Waals surface area contributed by atoms with E-state index in [2.05, 4.69) is 22.2 Å². The van der Waals surface area contributed by atoms with Gasteiger partial charge in [-0.15, -0.1) is 0 Å². The molecule has 5 heteroatoms. The van der Waals surface area contributed by atoms with E-state index in [1.165, 1.54) is 0 Å². The molecule has 1 heterocycles. The summed E-state index contributed by atoms with van der Waals surface area (Å²) in [4.78, 5) is 7.66. The number of aromatic amines is 1. The molecule has 0 atom stereocenters. The van der Waals surface area contributed by atoms with Gasteiger partial charge in [0.25, 0.3) is 0 Å². The van der Waals surface area contributed by atoms with Crippen LogP contribution in [-0.4, -0.2) is 27.2 Å². The van der Waals surface area contributed by atoms with Crippen LogP contribution in [0.15, 0.2) is 0 Å². The van der Waals surface area contributed by atoms with Crippen LogP contribution in [0.1, 0.15) is 57.0 Å². The number of aliphatic hydroxyl groups excluding tert-OH is 1. The van der Waals surface area contributed by atoms with Gasteiger partial charge in [-0.25, -0.2) is 4.98 Å². The molecule has 1 saturated carbocycles. The highest BCUT2D eigenvalue weighted by Crippen LogP contribution is 2.20. The van der Waals surface area contributed by atoms with Gasteiger partial charge in [-0.3, -0.25) is 0 Å². The smallest absolute Gasteiger partial charge is 0.151 e. The van der Waals surface area contributed by atoms with E-state index in [1.54, 1.807) is 0 Å². The van der Waals surface area contributed by atoms with Crippen molar-refractivity contribution in [3.63, 3.8) is 0 Å². The van der Waals surface area contributed by atoms with Crippen LogP contribution in [0.4, 0.5) is 0 Å². The van der Waals surface area contributed by atoms with Crippen LogP contribution in [0, 0.1) is 0 Å². The lowest BCUT2D eigenvalue weighted by molar-refractivity contribution is 0.116. The molecule has 0 spiro atoms. The molecular weight excluding hydrogens is 262 g/mol. The predicted octanol–water partition coefficient (Wildman–Crippen LogP) is 2.80. The van der Waals surface area contributed by atoms with Gasteiger partial charge in [0.15, 0.2) is 5.15 Å². The van der Waals surface area contributed by atoms with Gasteiger partial charge in [0, 0.05) is 19.0 Å². The second kappa shape index (κ2) is 7.27. The van der Waals surface area contributed by atoms with Crippen molar-refractivity contribution in [2.45, 2.75) is 70.6 Å². The summed E-state index contributed by atoms with van der Waals surface area (Å²) >= 11 is 6.14. The van der Waals surface area contributed by atoms with Crippen molar-refractivity contribution in [2.75, 3.05) is 0 Å². The van der Waals surface area contributed by atoms with Crippen molar-refractivity contribution >= 4 is 11.6 Å².